The molecule has 3 aromatic carbocycles. The highest BCUT2D eigenvalue weighted by Crippen LogP contribution is 2.20. The molecule has 0 fully saturated rings. The van der Waals surface area contributed by atoms with Gasteiger partial charge in [0.15, 0.2) is 0 Å². The summed E-state index contributed by atoms with van der Waals surface area (Å²) in [5.41, 5.74) is 2.61. The molecule has 1 aromatic heterocycles. The smallest absolute Gasteiger partial charge is 0.248 e. The van der Waals surface area contributed by atoms with E-state index in [1.807, 2.05) is 60.7 Å². The summed E-state index contributed by atoms with van der Waals surface area (Å²) in [6.45, 7) is 0. The van der Waals surface area contributed by atoms with Crippen LogP contribution in [0.3, 0.4) is 0 Å². The van der Waals surface area contributed by atoms with Crippen molar-refractivity contribution >= 4 is 39.3 Å². The van der Waals surface area contributed by atoms with Crippen LogP contribution in [0.2, 0.25) is 0 Å². The number of rotatable bonds is 3. The molecule has 0 saturated carbocycles. The minimum Gasteiger partial charge on any atom is -0.321 e. The number of carbonyl (C=O) groups excluding carboxylic acids is 1. The third-order valence-electron chi connectivity index (χ3n) is 4.10. The van der Waals surface area contributed by atoms with Crippen molar-refractivity contribution in [2.24, 2.45) is 0 Å². The Morgan fingerprint density at radius 1 is 0.880 bits per heavy atom. The van der Waals surface area contributed by atoms with E-state index in [2.05, 4.69) is 28.5 Å². The van der Waals surface area contributed by atoms with Crippen LogP contribution in [0.15, 0.2) is 85.1 Å². The quantitative estimate of drug-likeness (QED) is 0.536. The molecule has 1 heterocycles. The van der Waals surface area contributed by atoms with Crippen molar-refractivity contribution in [3.8, 4) is 0 Å². The van der Waals surface area contributed by atoms with Gasteiger partial charge in [0.05, 0.1) is 17.4 Å². The summed E-state index contributed by atoms with van der Waals surface area (Å²) >= 11 is 0. The highest BCUT2D eigenvalue weighted by molar-refractivity contribution is 6.04. The van der Waals surface area contributed by atoms with Crippen molar-refractivity contribution < 1.29 is 4.79 Å². The van der Waals surface area contributed by atoms with Crippen molar-refractivity contribution in [2.75, 3.05) is 5.32 Å². The second kappa shape index (κ2) is 6.57. The third kappa shape index (κ3) is 3.26. The van der Waals surface area contributed by atoms with Gasteiger partial charge in [-0.2, -0.15) is 0 Å². The van der Waals surface area contributed by atoms with Crippen LogP contribution in [-0.4, -0.2) is 10.9 Å². The predicted molar refractivity (Wildman–Crippen MR) is 103 cm³/mol. The number of pyridine rings is 1. The van der Waals surface area contributed by atoms with E-state index in [9.17, 15) is 4.79 Å². The molecule has 0 bridgehead atoms. The van der Waals surface area contributed by atoms with Gasteiger partial charge in [-0.1, -0.05) is 60.7 Å². The van der Waals surface area contributed by atoms with Crippen LogP contribution in [0.4, 0.5) is 5.69 Å². The molecule has 4 rings (SSSR count). The molecular formula is C22H16N2O. The number of fused-ring (bicyclic) bond motifs is 2. The van der Waals surface area contributed by atoms with Gasteiger partial charge < -0.3 is 5.32 Å². The van der Waals surface area contributed by atoms with Crippen LogP contribution >= 0.6 is 0 Å². The van der Waals surface area contributed by atoms with Gasteiger partial charge in [-0.25, -0.2) is 0 Å². The Balaban J connectivity index is 1.55. The van der Waals surface area contributed by atoms with Crippen molar-refractivity contribution in [3.63, 3.8) is 0 Å². The zero-order valence-corrected chi connectivity index (χ0v) is 13.5. The number of amides is 1. The molecular weight excluding hydrogens is 308 g/mol. The van der Waals surface area contributed by atoms with Crippen molar-refractivity contribution in [2.45, 2.75) is 0 Å². The van der Waals surface area contributed by atoms with E-state index < -0.39 is 0 Å². The predicted octanol–water partition coefficient (Wildman–Crippen LogP) is 5.04. The maximum Gasteiger partial charge on any atom is 0.248 e. The van der Waals surface area contributed by atoms with E-state index in [0.717, 1.165) is 27.2 Å². The van der Waals surface area contributed by atoms with E-state index in [1.165, 1.54) is 0 Å². The second-order valence-corrected chi connectivity index (χ2v) is 5.81. The van der Waals surface area contributed by atoms with Gasteiger partial charge in [-0.15, -0.1) is 0 Å². The molecule has 120 valence electrons. The first-order chi connectivity index (χ1) is 12.3. The van der Waals surface area contributed by atoms with E-state index in [0.29, 0.717) is 5.69 Å². The molecule has 25 heavy (non-hydrogen) atoms. The number of para-hydroxylation sites is 1. The Labute approximate surface area is 145 Å². The maximum absolute atomic E-state index is 12.2. The lowest BCUT2D eigenvalue weighted by Gasteiger charge is -2.04. The second-order valence-electron chi connectivity index (χ2n) is 5.81. The van der Waals surface area contributed by atoms with E-state index in [4.69, 9.17) is 0 Å². The highest BCUT2D eigenvalue weighted by atomic mass is 16.1. The van der Waals surface area contributed by atoms with E-state index in [1.54, 1.807) is 12.3 Å². The Hall–Kier alpha value is -3.46. The van der Waals surface area contributed by atoms with Gasteiger partial charge in [-0.3, -0.25) is 9.78 Å². The van der Waals surface area contributed by atoms with Gasteiger partial charge in [0, 0.05) is 11.5 Å². The molecule has 0 atom stereocenters. The lowest BCUT2D eigenvalue weighted by molar-refractivity contribution is -0.111. The largest absolute Gasteiger partial charge is 0.321 e. The number of aromatic nitrogens is 1. The number of hydrogen-bond acceptors (Lipinski definition) is 2. The average Bonchev–Trinajstić information content (AvgIpc) is 2.66. The first kappa shape index (κ1) is 15.1. The topological polar surface area (TPSA) is 42.0 Å². The normalized spacial score (nSPS) is 11.2. The van der Waals surface area contributed by atoms with E-state index >= 15 is 0 Å². The molecule has 0 aliphatic carbocycles. The lowest BCUT2D eigenvalue weighted by atomic mass is 10.0. The number of anilines is 1. The summed E-state index contributed by atoms with van der Waals surface area (Å²) in [6.07, 6.45) is 5.06. The molecule has 0 aliphatic heterocycles. The van der Waals surface area contributed by atoms with Gasteiger partial charge in [-0.05, 0) is 34.5 Å². The van der Waals surface area contributed by atoms with Crippen LogP contribution in [0, 0.1) is 0 Å². The molecule has 0 radical (unpaired) electrons. The third-order valence-corrected chi connectivity index (χ3v) is 4.10. The Morgan fingerprint density at radius 2 is 1.64 bits per heavy atom. The van der Waals surface area contributed by atoms with E-state index in [-0.39, 0.29) is 5.91 Å². The number of nitrogens with one attached hydrogen (secondary N) is 1. The molecule has 3 nitrogen and oxygen atoms in total. The SMILES string of the molecule is O=C(/C=C/c1cccc2ccccc12)Nc1cnc2ccccc2c1. The number of benzene rings is 3. The van der Waals surface area contributed by atoms with Crippen molar-refractivity contribution in [1.82, 2.24) is 4.98 Å². The van der Waals surface area contributed by atoms with Gasteiger partial charge >= 0.3 is 0 Å². The first-order valence-corrected chi connectivity index (χ1v) is 8.11. The lowest BCUT2D eigenvalue weighted by Crippen LogP contribution is -2.07. The molecule has 1 amide bonds. The van der Waals surface area contributed by atoms with Crippen LogP contribution in [-0.2, 0) is 4.79 Å². The molecule has 0 spiro atoms. The summed E-state index contributed by atoms with van der Waals surface area (Å²) in [7, 11) is 0. The highest BCUT2D eigenvalue weighted by Gasteiger charge is 2.02. The minimum atomic E-state index is -0.176. The zero-order valence-electron chi connectivity index (χ0n) is 13.5. The molecule has 0 saturated heterocycles. The maximum atomic E-state index is 12.2. The van der Waals surface area contributed by atoms with Crippen LogP contribution in [0.1, 0.15) is 5.56 Å². The van der Waals surface area contributed by atoms with Gasteiger partial charge in [0.2, 0.25) is 5.91 Å². The molecule has 3 heteroatoms. The van der Waals surface area contributed by atoms with Crippen LogP contribution in [0.5, 0.6) is 0 Å². The number of carbonyl (C=O) groups is 1. The Kier molecular flexibility index (Phi) is 3.97. The van der Waals surface area contributed by atoms with Gasteiger partial charge in [0.25, 0.3) is 0 Å². The average molecular weight is 324 g/mol. The molecule has 1 N–H and O–H groups in total. The van der Waals surface area contributed by atoms with Crippen molar-refractivity contribution in [1.29, 1.82) is 0 Å². The summed E-state index contributed by atoms with van der Waals surface area (Å²) in [4.78, 5) is 16.6. The van der Waals surface area contributed by atoms with Crippen LogP contribution in [0.25, 0.3) is 27.8 Å². The van der Waals surface area contributed by atoms with Gasteiger partial charge in [0.1, 0.15) is 0 Å². The minimum absolute atomic E-state index is 0.176. The summed E-state index contributed by atoms with van der Waals surface area (Å²) < 4.78 is 0. The molecule has 0 aliphatic rings. The fourth-order valence-corrected chi connectivity index (χ4v) is 2.88. The van der Waals surface area contributed by atoms with Crippen molar-refractivity contribution in [3.05, 3.63) is 90.6 Å². The Bertz CT molecular complexity index is 1090. The first-order valence-electron chi connectivity index (χ1n) is 8.11. The monoisotopic (exact) mass is 324 g/mol. The summed E-state index contributed by atoms with van der Waals surface area (Å²) in [5.74, 6) is -0.176. The standard InChI is InChI=1S/C22H16N2O/c25-22(24-19-14-18-7-2-4-11-21(18)23-15-19)13-12-17-9-5-8-16-6-1-3-10-20(16)17/h1-15H,(H,24,25)/b13-12+. The Morgan fingerprint density at radius 3 is 2.56 bits per heavy atom. The summed E-state index contributed by atoms with van der Waals surface area (Å²) in [5, 5.41) is 6.15. The number of nitrogens with zero attached hydrogens (tertiary/aromatic N) is 1. The molecule has 0 unspecified atom stereocenters. The fourth-order valence-electron chi connectivity index (χ4n) is 2.88. The molecule has 4 aromatic rings. The van der Waals surface area contributed by atoms with Crippen LogP contribution < -0.4 is 5.32 Å². The zero-order chi connectivity index (χ0) is 17.1. The number of hydrogen-bond donors (Lipinski definition) is 1. The fraction of sp³-hybridized carbons (Fsp3) is 0. The summed E-state index contributed by atoms with van der Waals surface area (Å²) in [6, 6.07) is 23.9.